The van der Waals surface area contributed by atoms with Crippen LogP contribution in [0.15, 0.2) is 54.7 Å². The molecule has 3 aromatic rings. The predicted molar refractivity (Wildman–Crippen MR) is 126 cm³/mol. The molecule has 0 fully saturated rings. The Morgan fingerprint density at radius 3 is 2.79 bits per heavy atom. The smallest absolute Gasteiger partial charge is 0.257 e. The molecule has 0 spiro atoms. The summed E-state index contributed by atoms with van der Waals surface area (Å²) in [6.45, 7) is 3.40. The molecule has 1 atom stereocenters. The molecule has 1 unspecified atom stereocenters. The molecule has 1 amide bonds. The highest BCUT2D eigenvalue weighted by Crippen LogP contribution is 2.28. The highest BCUT2D eigenvalue weighted by Gasteiger charge is 2.27. The van der Waals surface area contributed by atoms with Crippen LogP contribution in [0.3, 0.4) is 0 Å². The molecule has 2 aromatic carbocycles. The van der Waals surface area contributed by atoms with Crippen molar-refractivity contribution in [1.29, 1.82) is 0 Å². The average Bonchev–Trinajstić information content (AvgIpc) is 3.15. The van der Waals surface area contributed by atoms with Gasteiger partial charge in [-0.2, -0.15) is 5.10 Å². The van der Waals surface area contributed by atoms with E-state index in [0.29, 0.717) is 31.0 Å². The Morgan fingerprint density at radius 2 is 1.97 bits per heavy atom. The Kier molecular flexibility index (Phi) is 6.02. The minimum absolute atomic E-state index is 0.126. The minimum atomic E-state index is -0.628. The summed E-state index contributed by atoms with van der Waals surface area (Å²) in [6, 6.07) is 15.8. The number of nitrogens with one attached hydrogen (secondary N) is 1. The molecule has 2 N–H and O–H groups in total. The van der Waals surface area contributed by atoms with Crippen LogP contribution in [-0.2, 0) is 20.0 Å². The van der Waals surface area contributed by atoms with E-state index in [2.05, 4.69) is 39.6 Å². The predicted octanol–water partition coefficient (Wildman–Crippen LogP) is 2.42. The van der Waals surface area contributed by atoms with Crippen LogP contribution in [0.4, 0.5) is 11.5 Å². The van der Waals surface area contributed by atoms with Crippen molar-refractivity contribution in [1.82, 2.24) is 19.6 Å². The number of fused-ring (bicyclic) bond motifs is 2. The standard InChI is InChI=1S/C25H29N5O3/c1-28-24(8-10-26-28)27-20-6-7-23-22(14-20)25(32)30(12-13-33-23)17-21(31)16-29-11-9-18-4-2-3-5-19(18)15-29/h2-8,10,14,21,27,31H,9,11-13,15-17H2,1H3. The van der Waals surface area contributed by atoms with E-state index in [9.17, 15) is 9.90 Å². The van der Waals surface area contributed by atoms with Gasteiger partial charge in [-0.3, -0.25) is 14.4 Å². The lowest BCUT2D eigenvalue weighted by Gasteiger charge is -2.32. The van der Waals surface area contributed by atoms with Crippen LogP contribution in [0.25, 0.3) is 0 Å². The number of β-amino-alcohol motifs (C(OH)–C–C–N with tert-alkyl or cyclic N) is 1. The highest BCUT2D eigenvalue weighted by atomic mass is 16.5. The molecular weight excluding hydrogens is 418 g/mol. The van der Waals surface area contributed by atoms with E-state index in [-0.39, 0.29) is 12.5 Å². The van der Waals surface area contributed by atoms with Crippen molar-refractivity contribution in [3.05, 3.63) is 71.4 Å². The lowest BCUT2D eigenvalue weighted by Crippen LogP contribution is -2.44. The Morgan fingerprint density at radius 1 is 1.12 bits per heavy atom. The van der Waals surface area contributed by atoms with Crippen molar-refractivity contribution < 1.29 is 14.6 Å². The third-order valence-electron chi connectivity index (χ3n) is 6.32. The van der Waals surface area contributed by atoms with Crippen molar-refractivity contribution >= 4 is 17.4 Å². The van der Waals surface area contributed by atoms with Crippen molar-refractivity contribution in [2.24, 2.45) is 7.05 Å². The van der Waals surface area contributed by atoms with E-state index < -0.39 is 6.10 Å². The number of nitrogens with zero attached hydrogens (tertiary/aromatic N) is 4. The largest absolute Gasteiger partial charge is 0.491 e. The zero-order chi connectivity index (χ0) is 22.8. The Labute approximate surface area is 193 Å². The molecule has 8 nitrogen and oxygen atoms in total. The number of aromatic nitrogens is 2. The number of rotatable bonds is 6. The van der Waals surface area contributed by atoms with Gasteiger partial charge in [0.1, 0.15) is 18.2 Å². The summed E-state index contributed by atoms with van der Waals surface area (Å²) in [4.78, 5) is 17.3. The van der Waals surface area contributed by atoms with Gasteiger partial charge in [0.2, 0.25) is 0 Å². The molecule has 0 radical (unpaired) electrons. The Bertz CT molecular complexity index is 1140. The summed E-state index contributed by atoms with van der Waals surface area (Å²) in [7, 11) is 1.85. The number of anilines is 2. The van der Waals surface area contributed by atoms with Gasteiger partial charge in [-0.05, 0) is 35.7 Å². The molecule has 5 rings (SSSR count). The summed E-state index contributed by atoms with van der Waals surface area (Å²) in [5, 5.41) is 18.3. The van der Waals surface area contributed by atoms with Crippen molar-refractivity contribution in [3.63, 3.8) is 0 Å². The molecule has 2 aliphatic rings. The van der Waals surface area contributed by atoms with Crippen LogP contribution in [0, 0.1) is 0 Å². The van der Waals surface area contributed by atoms with Gasteiger partial charge >= 0.3 is 0 Å². The minimum Gasteiger partial charge on any atom is -0.491 e. The maximum Gasteiger partial charge on any atom is 0.257 e. The third kappa shape index (κ3) is 4.72. The molecule has 3 heterocycles. The molecule has 0 saturated heterocycles. The summed E-state index contributed by atoms with van der Waals surface area (Å²) in [5.74, 6) is 1.27. The normalized spacial score (nSPS) is 17.0. The third-order valence-corrected chi connectivity index (χ3v) is 6.32. The van der Waals surface area contributed by atoms with E-state index in [1.807, 2.05) is 25.2 Å². The first kappa shape index (κ1) is 21.5. The SMILES string of the molecule is Cn1nccc1Nc1ccc2c(c1)C(=O)N(CC(O)CN1CCc3ccccc3C1)CCO2. The van der Waals surface area contributed by atoms with E-state index in [1.165, 1.54) is 11.1 Å². The number of aryl methyl sites for hydroxylation is 1. The summed E-state index contributed by atoms with van der Waals surface area (Å²) in [6.07, 6.45) is 2.07. The Balaban J connectivity index is 1.25. The lowest BCUT2D eigenvalue weighted by molar-refractivity contribution is 0.0501. The number of amides is 1. The van der Waals surface area contributed by atoms with Crippen LogP contribution in [-0.4, -0.2) is 69.5 Å². The van der Waals surface area contributed by atoms with E-state index in [0.717, 1.165) is 31.0 Å². The van der Waals surface area contributed by atoms with E-state index in [1.54, 1.807) is 21.8 Å². The second-order valence-electron chi connectivity index (χ2n) is 8.68. The summed E-state index contributed by atoms with van der Waals surface area (Å²) >= 11 is 0. The van der Waals surface area contributed by atoms with Crippen LogP contribution >= 0.6 is 0 Å². The summed E-state index contributed by atoms with van der Waals surface area (Å²) < 4.78 is 7.56. The van der Waals surface area contributed by atoms with Crippen LogP contribution in [0.1, 0.15) is 21.5 Å². The first-order valence-corrected chi connectivity index (χ1v) is 11.3. The van der Waals surface area contributed by atoms with Crippen molar-refractivity contribution in [3.8, 4) is 5.75 Å². The van der Waals surface area contributed by atoms with Crippen LogP contribution in [0.2, 0.25) is 0 Å². The van der Waals surface area contributed by atoms with Gasteiger partial charge in [0.25, 0.3) is 5.91 Å². The van der Waals surface area contributed by atoms with Gasteiger partial charge in [-0.25, -0.2) is 0 Å². The fraction of sp³-hybridized carbons (Fsp3) is 0.360. The second-order valence-corrected chi connectivity index (χ2v) is 8.68. The number of hydrogen-bond donors (Lipinski definition) is 2. The number of aliphatic hydroxyl groups excluding tert-OH is 1. The van der Waals surface area contributed by atoms with Crippen molar-refractivity contribution in [2.75, 3.05) is 38.1 Å². The first-order chi connectivity index (χ1) is 16.1. The van der Waals surface area contributed by atoms with Gasteiger partial charge in [0, 0.05) is 45.0 Å². The van der Waals surface area contributed by atoms with Crippen LogP contribution in [0.5, 0.6) is 5.75 Å². The number of aliphatic hydroxyl groups is 1. The molecule has 2 aliphatic heterocycles. The molecule has 33 heavy (non-hydrogen) atoms. The fourth-order valence-electron chi connectivity index (χ4n) is 4.58. The maximum atomic E-state index is 13.3. The fourth-order valence-corrected chi connectivity index (χ4v) is 4.58. The summed E-state index contributed by atoms with van der Waals surface area (Å²) in [5.41, 5.74) is 3.98. The number of benzene rings is 2. The van der Waals surface area contributed by atoms with Gasteiger partial charge in [-0.15, -0.1) is 0 Å². The van der Waals surface area contributed by atoms with Crippen LogP contribution < -0.4 is 10.1 Å². The lowest BCUT2D eigenvalue weighted by atomic mass is 10.00. The molecule has 8 heteroatoms. The maximum absolute atomic E-state index is 13.3. The number of ether oxygens (including phenoxy) is 1. The zero-order valence-electron chi connectivity index (χ0n) is 18.8. The zero-order valence-corrected chi connectivity index (χ0v) is 18.8. The van der Waals surface area contributed by atoms with E-state index >= 15 is 0 Å². The number of carbonyl (C=O) groups excluding carboxylic acids is 1. The average molecular weight is 448 g/mol. The number of hydrogen-bond acceptors (Lipinski definition) is 6. The monoisotopic (exact) mass is 447 g/mol. The Hall–Kier alpha value is -3.36. The molecule has 0 bridgehead atoms. The molecule has 1 aromatic heterocycles. The van der Waals surface area contributed by atoms with E-state index in [4.69, 9.17) is 4.74 Å². The van der Waals surface area contributed by atoms with Gasteiger partial charge in [0.05, 0.1) is 24.4 Å². The van der Waals surface area contributed by atoms with Gasteiger partial charge in [-0.1, -0.05) is 24.3 Å². The van der Waals surface area contributed by atoms with Gasteiger partial charge < -0.3 is 20.1 Å². The second kappa shape index (κ2) is 9.25. The highest BCUT2D eigenvalue weighted by molar-refractivity contribution is 5.98. The first-order valence-electron chi connectivity index (χ1n) is 11.3. The quantitative estimate of drug-likeness (QED) is 0.604. The molecule has 0 saturated carbocycles. The molecule has 172 valence electrons. The molecular formula is C25H29N5O3. The molecule has 0 aliphatic carbocycles. The number of carbonyl (C=O) groups is 1. The topological polar surface area (TPSA) is 82.9 Å². The van der Waals surface area contributed by atoms with Gasteiger partial charge in [0.15, 0.2) is 0 Å². The van der Waals surface area contributed by atoms with Crippen molar-refractivity contribution in [2.45, 2.75) is 19.1 Å².